The molecule has 0 spiro atoms. The Morgan fingerprint density at radius 3 is 2.34 bits per heavy atom. The molecule has 0 amide bonds. The number of fused-ring (bicyclic) bond motifs is 2. The number of allylic oxidation sites excluding steroid dienone is 8. The van der Waals surface area contributed by atoms with Gasteiger partial charge in [0.2, 0.25) is 5.69 Å². The van der Waals surface area contributed by atoms with Crippen molar-refractivity contribution in [3.63, 3.8) is 0 Å². The Morgan fingerprint density at radius 2 is 1.62 bits per heavy atom. The minimum Gasteiger partial charge on any atom is -0.344 e. The van der Waals surface area contributed by atoms with Gasteiger partial charge in [0.15, 0.2) is 16.8 Å². The number of benzene rings is 2. The first-order chi connectivity index (χ1) is 22.2. The molecule has 2 N–H and O–H groups in total. The van der Waals surface area contributed by atoms with Crippen molar-refractivity contribution >= 4 is 49.9 Å². The first-order valence-electron chi connectivity index (χ1n) is 16.3. The fourth-order valence-corrected chi connectivity index (χ4v) is 8.52. The van der Waals surface area contributed by atoms with E-state index >= 15 is 0 Å². The zero-order chi connectivity index (χ0) is 34.0. The first-order valence-corrected chi connectivity index (χ1v) is 19.6. The van der Waals surface area contributed by atoms with Crippen LogP contribution in [-0.2, 0) is 32.0 Å². The molecule has 0 saturated heterocycles. The molecule has 0 bridgehead atoms. The van der Waals surface area contributed by atoms with Crippen LogP contribution in [0.2, 0.25) is 0 Å². The lowest BCUT2D eigenvalue weighted by Crippen LogP contribution is -2.28. The molecule has 252 valence electrons. The van der Waals surface area contributed by atoms with Gasteiger partial charge in [0.1, 0.15) is 6.54 Å². The van der Waals surface area contributed by atoms with Crippen LogP contribution in [0.1, 0.15) is 77.3 Å². The summed E-state index contributed by atoms with van der Waals surface area (Å²) in [6.07, 6.45) is 12.9. The molecule has 0 radical (unpaired) electrons. The van der Waals surface area contributed by atoms with Crippen molar-refractivity contribution in [3.8, 4) is 0 Å². The molecule has 1 atom stereocenters. The number of para-hydroxylation sites is 2. The quantitative estimate of drug-likeness (QED) is 0.0949. The SMILES string of the molecule is CC1(C)C(/C=C/C2=C(Cl)C(=C/C=C3\N(CCCCS(=O)(=O)O)c4ccccc4C3(C)C)/CC2)=[N+](CCCCS(=O)O)c2ccccc21. The Morgan fingerprint density at radius 1 is 0.915 bits per heavy atom. The van der Waals surface area contributed by atoms with Crippen molar-refractivity contribution in [1.82, 2.24) is 0 Å². The van der Waals surface area contributed by atoms with Gasteiger partial charge in [0, 0.05) is 58.3 Å². The minimum atomic E-state index is -3.98. The van der Waals surface area contributed by atoms with Crippen LogP contribution in [0.15, 0.2) is 94.7 Å². The maximum absolute atomic E-state index is 11.3. The highest BCUT2D eigenvalue weighted by Crippen LogP contribution is 2.48. The fraction of sp³-hybridized carbons (Fsp3) is 0.432. The number of rotatable bonds is 13. The average molecular weight is 698 g/mol. The van der Waals surface area contributed by atoms with Crippen LogP contribution in [0.4, 0.5) is 11.4 Å². The van der Waals surface area contributed by atoms with Crippen molar-refractivity contribution in [1.29, 1.82) is 0 Å². The van der Waals surface area contributed by atoms with E-state index in [4.69, 9.17) is 11.6 Å². The number of anilines is 1. The lowest BCUT2D eigenvalue weighted by atomic mass is 9.81. The summed E-state index contributed by atoms with van der Waals surface area (Å²) in [7, 11) is -3.98. The normalized spacial score (nSPS) is 21.0. The van der Waals surface area contributed by atoms with Gasteiger partial charge in [-0.2, -0.15) is 13.0 Å². The summed E-state index contributed by atoms with van der Waals surface area (Å²) < 4.78 is 54.5. The van der Waals surface area contributed by atoms with E-state index in [2.05, 4.69) is 97.9 Å². The summed E-state index contributed by atoms with van der Waals surface area (Å²) in [5.74, 6) is 0.0462. The third kappa shape index (κ3) is 7.75. The van der Waals surface area contributed by atoms with Gasteiger partial charge >= 0.3 is 0 Å². The van der Waals surface area contributed by atoms with Crippen LogP contribution in [0.5, 0.6) is 0 Å². The summed E-state index contributed by atoms with van der Waals surface area (Å²) >= 11 is 5.27. The van der Waals surface area contributed by atoms with E-state index in [0.29, 0.717) is 25.8 Å². The topological polar surface area (TPSA) is 97.9 Å². The smallest absolute Gasteiger partial charge is 0.264 e. The Kier molecular flexibility index (Phi) is 10.8. The van der Waals surface area contributed by atoms with Crippen molar-refractivity contribution in [2.24, 2.45) is 0 Å². The van der Waals surface area contributed by atoms with E-state index in [0.717, 1.165) is 53.4 Å². The van der Waals surface area contributed by atoms with Gasteiger partial charge in [-0.15, -0.1) is 0 Å². The van der Waals surface area contributed by atoms with Gasteiger partial charge in [-0.05, 0) is 74.8 Å². The van der Waals surface area contributed by atoms with E-state index in [1.54, 1.807) is 0 Å². The second kappa shape index (κ2) is 14.3. The summed E-state index contributed by atoms with van der Waals surface area (Å²) in [6.45, 7) is 10.3. The summed E-state index contributed by atoms with van der Waals surface area (Å²) in [4.78, 5) is 2.27. The third-order valence-electron chi connectivity index (χ3n) is 9.70. The Hall–Kier alpha value is -2.82. The number of unbranched alkanes of at least 4 members (excludes halogenated alkanes) is 2. The van der Waals surface area contributed by atoms with Crippen LogP contribution >= 0.6 is 11.6 Å². The van der Waals surface area contributed by atoms with Gasteiger partial charge in [-0.3, -0.25) is 4.55 Å². The molecular weight excluding hydrogens is 652 g/mol. The third-order valence-corrected chi connectivity index (χ3v) is 11.6. The molecule has 47 heavy (non-hydrogen) atoms. The molecule has 1 aliphatic carbocycles. The average Bonchev–Trinajstić information content (AvgIpc) is 3.55. The maximum Gasteiger partial charge on any atom is 0.264 e. The van der Waals surface area contributed by atoms with E-state index in [9.17, 15) is 21.7 Å². The monoisotopic (exact) mass is 697 g/mol. The van der Waals surface area contributed by atoms with Gasteiger partial charge in [-0.1, -0.05) is 74.0 Å². The zero-order valence-corrected chi connectivity index (χ0v) is 30.1. The van der Waals surface area contributed by atoms with Gasteiger partial charge < -0.3 is 9.45 Å². The molecule has 0 saturated carbocycles. The molecule has 0 fully saturated rings. The number of hydrogen-bond donors (Lipinski definition) is 2. The highest BCUT2D eigenvalue weighted by atomic mass is 35.5. The van der Waals surface area contributed by atoms with E-state index in [1.165, 1.54) is 22.5 Å². The van der Waals surface area contributed by atoms with Crippen molar-refractivity contribution in [2.45, 2.75) is 77.0 Å². The standard InChI is InChI=1S/C37H45ClN2O5S2/c1-36(2)29-13-5-7-15-31(29)39(23-9-11-25-46(41)42)33(36)21-19-27-17-18-28(35(27)38)20-22-34-37(3,4)30-14-6-8-16-32(30)40(34)24-10-12-26-47(43,44)45/h5-8,13-16,19-22H,9-12,17-18,23-26H2,1-4H3,(H-,41,42,43,44,45)/p+1. The second-order valence-corrected chi connectivity index (χ2v) is 16.6. The lowest BCUT2D eigenvalue weighted by Gasteiger charge is -2.27. The molecule has 5 rings (SSSR count). The molecule has 3 aliphatic rings. The van der Waals surface area contributed by atoms with Gasteiger partial charge in [0.25, 0.3) is 10.1 Å². The minimum absolute atomic E-state index is 0.199. The van der Waals surface area contributed by atoms with Crippen LogP contribution in [0, 0.1) is 0 Å². The van der Waals surface area contributed by atoms with Crippen LogP contribution in [0.25, 0.3) is 0 Å². The van der Waals surface area contributed by atoms with E-state index in [1.807, 2.05) is 12.1 Å². The van der Waals surface area contributed by atoms with Gasteiger partial charge in [0.05, 0.1) is 11.2 Å². The van der Waals surface area contributed by atoms with Crippen molar-refractivity contribution < 1.29 is 26.3 Å². The molecule has 1 unspecified atom stereocenters. The summed E-state index contributed by atoms with van der Waals surface area (Å²) in [6, 6.07) is 16.8. The van der Waals surface area contributed by atoms with Crippen LogP contribution < -0.4 is 4.90 Å². The van der Waals surface area contributed by atoms with E-state index in [-0.39, 0.29) is 22.3 Å². The Labute approximate surface area is 287 Å². The Balaban J connectivity index is 1.41. The highest BCUT2D eigenvalue weighted by Gasteiger charge is 2.44. The maximum atomic E-state index is 11.3. The Bertz CT molecular complexity index is 1820. The van der Waals surface area contributed by atoms with E-state index < -0.39 is 21.2 Å². The first kappa shape index (κ1) is 35.5. The number of hydrogen-bond acceptors (Lipinski definition) is 4. The molecule has 10 heteroatoms. The molecule has 2 heterocycles. The lowest BCUT2D eigenvalue weighted by molar-refractivity contribution is -0.438. The molecule has 0 aromatic heterocycles. The molecule has 2 aromatic rings. The molecule has 2 aliphatic heterocycles. The predicted octanol–water partition coefficient (Wildman–Crippen LogP) is 8.18. The second-order valence-electron chi connectivity index (χ2n) is 13.6. The molecule has 7 nitrogen and oxygen atoms in total. The van der Waals surface area contributed by atoms with Crippen LogP contribution in [0.3, 0.4) is 0 Å². The fourth-order valence-electron chi connectivity index (χ4n) is 7.18. The van der Waals surface area contributed by atoms with Crippen LogP contribution in [-0.4, -0.2) is 56.6 Å². The highest BCUT2D eigenvalue weighted by molar-refractivity contribution is 7.85. The van der Waals surface area contributed by atoms with Crippen molar-refractivity contribution in [3.05, 3.63) is 106 Å². The largest absolute Gasteiger partial charge is 0.344 e. The molecular formula is C37H46ClN2O5S2+. The van der Waals surface area contributed by atoms with Gasteiger partial charge in [-0.25, -0.2) is 4.21 Å². The predicted molar refractivity (Wildman–Crippen MR) is 194 cm³/mol. The van der Waals surface area contributed by atoms with Crippen molar-refractivity contribution in [2.75, 3.05) is 29.5 Å². The molecule has 2 aromatic carbocycles. The number of halogens is 1. The number of nitrogens with zero attached hydrogens (tertiary/aromatic N) is 2. The zero-order valence-electron chi connectivity index (χ0n) is 27.7. The summed E-state index contributed by atoms with van der Waals surface area (Å²) in [5.41, 5.74) is 8.87. The summed E-state index contributed by atoms with van der Waals surface area (Å²) in [5, 5.41) is 0.775.